The largest absolute Gasteiger partial charge is 0.344 e. The number of anilines is 1. The molecule has 1 spiro atoms. The van der Waals surface area contributed by atoms with Crippen LogP contribution in [0.25, 0.3) is 0 Å². The van der Waals surface area contributed by atoms with Gasteiger partial charge in [-0.2, -0.15) is 0 Å². The first-order chi connectivity index (χ1) is 22.0. The molecule has 12 nitrogen and oxygen atoms in total. The number of aromatic nitrogens is 2. The maximum Gasteiger partial charge on any atom is 0.276 e. The topological polar surface area (TPSA) is 159 Å². The number of piperazine rings is 1. The van der Waals surface area contributed by atoms with Crippen molar-refractivity contribution in [2.75, 3.05) is 25.0 Å². The van der Waals surface area contributed by atoms with Crippen LogP contribution < -0.4 is 21.3 Å². The Bertz CT molecular complexity index is 1440. The predicted molar refractivity (Wildman–Crippen MR) is 168 cm³/mol. The molecule has 13 heteroatoms. The molecule has 2 aliphatic carbocycles. The molecular formula is C33H46FN7O5. The number of nitrogens with zero attached hydrogens (tertiary/aromatic N) is 3. The van der Waals surface area contributed by atoms with Gasteiger partial charge in [0.25, 0.3) is 5.91 Å². The smallest absolute Gasteiger partial charge is 0.276 e. The van der Waals surface area contributed by atoms with Gasteiger partial charge < -0.3 is 26.2 Å². The fraction of sp³-hybridized carbons (Fsp3) is 0.636. The van der Waals surface area contributed by atoms with E-state index in [4.69, 9.17) is 4.63 Å². The highest BCUT2D eigenvalue weighted by molar-refractivity contribution is 6.01. The molecule has 4 N–H and O–H groups in total. The minimum atomic E-state index is -0.917. The van der Waals surface area contributed by atoms with Crippen LogP contribution in [0.15, 0.2) is 22.8 Å². The maximum absolute atomic E-state index is 15.6. The maximum atomic E-state index is 15.6. The van der Waals surface area contributed by atoms with Gasteiger partial charge >= 0.3 is 0 Å². The van der Waals surface area contributed by atoms with Crippen LogP contribution in [0.5, 0.6) is 0 Å². The van der Waals surface area contributed by atoms with Gasteiger partial charge in [0.1, 0.15) is 23.6 Å². The number of hydrogen-bond acceptors (Lipinski definition) is 8. The van der Waals surface area contributed by atoms with E-state index >= 15 is 4.39 Å². The number of rotatable bonds is 11. The number of halogens is 1. The van der Waals surface area contributed by atoms with E-state index in [1.54, 1.807) is 24.8 Å². The Kier molecular flexibility index (Phi) is 10.4. The lowest BCUT2D eigenvalue weighted by atomic mass is 9.79. The summed E-state index contributed by atoms with van der Waals surface area (Å²) in [6.07, 6.45) is 5.99. The highest BCUT2D eigenvalue weighted by Crippen LogP contribution is 2.38. The first kappa shape index (κ1) is 33.5. The van der Waals surface area contributed by atoms with Gasteiger partial charge in [-0.15, -0.1) is 0 Å². The summed E-state index contributed by atoms with van der Waals surface area (Å²) in [5, 5.41) is 19.4. The SMILES string of the molecule is CCC(=O)N[C@@H](C(=O)N1CCNC2(CC2)C1)[C@@H](C)c1ccc(NC(=O)[C@@H](NC(=O)c2nonc2CC)C2CCC(C)CC2)c(F)c1. The van der Waals surface area contributed by atoms with Crippen molar-refractivity contribution < 1.29 is 28.2 Å². The zero-order valence-corrected chi connectivity index (χ0v) is 27.2. The van der Waals surface area contributed by atoms with Crippen LogP contribution in [-0.4, -0.2) is 76.1 Å². The average molecular weight is 640 g/mol. The lowest BCUT2D eigenvalue weighted by molar-refractivity contribution is -0.138. The van der Waals surface area contributed by atoms with Gasteiger partial charge in [0.15, 0.2) is 5.69 Å². The van der Waals surface area contributed by atoms with Crippen LogP contribution in [0.4, 0.5) is 10.1 Å². The monoisotopic (exact) mass is 639 g/mol. The molecule has 3 fully saturated rings. The van der Waals surface area contributed by atoms with E-state index in [1.807, 2.05) is 6.92 Å². The van der Waals surface area contributed by atoms with Gasteiger partial charge in [-0.05, 0) is 66.8 Å². The summed E-state index contributed by atoms with van der Waals surface area (Å²) in [5.74, 6) is -2.37. The first-order valence-electron chi connectivity index (χ1n) is 16.6. The zero-order valence-electron chi connectivity index (χ0n) is 27.2. The highest BCUT2D eigenvalue weighted by Gasteiger charge is 2.47. The first-order valence-corrected chi connectivity index (χ1v) is 16.6. The van der Waals surface area contributed by atoms with Crippen LogP contribution >= 0.6 is 0 Å². The summed E-state index contributed by atoms with van der Waals surface area (Å²) in [6, 6.07) is 2.63. The van der Waals surface area contributed by atoms with Crippen molar-refractivity contribution in [3.8, 4) is 0 Å². The highest BCUT2D eigenvalue weighted by atomic mass is 19.1. The van der Waals surface area contributed by atoms with Crippen LogP contribution in [0.1, 0.15) is 100 Å². The molecule has 0 unspecified atom stereocenters. The predicted octanol–water partition coefficient (Wildman–Crippen LogP) is 3.30. The third-order valence-corrected chi connectivity index (χ3v) is 9.93. The van der Waals surface area contributed by atoms with E-state index in [1.165, 1.54) is 12.1 Å². The van der Waals surface area contributed by atoms with E-state index in [-0.39, 0.29) is 41.1 Å². The minimum absolute atomic E-state index is 0.0279. The van der Waals surface area contributed by atoms with Crippen LogP contribution in [0.2, 0.25) is 0 Å². The van der Waals surface area contributed by atoms with Gasteiger partial charge in [-0.25, -0.2) is 9.02 Å². The summed E-state index contributed by atoms with van der Waals surface area (Å²) >= 11 is 0. The van der Waals surface area contributed by atoms with E-state index < -0.39 is 35.6 Å². The Morgan fingerprint density at radius 2 is 1.85 bits per heavy atom. The van der Waals surface area contributed by atoms with Crippen molar-refractivity contribution in [2.24, 2.45) is 11.8 Å². The standard InChI is InChI=1S/C33H46FN7O5/c1-5-24-29(40-46-39-24)31(44)38-28(21-9-7-19(3)8-10-21)30(43)36-25-12-11-22(17-23(25)34)20(4)27(37-26(42)6-2)32(45)41-16-15-35-33(18-41)13-14-33/h11-12,17,19-21,27-28,35H,5-10,13-16,18H2,1-4H3,(H,36,43)(H,37,42)(H,38,44)/t19?,20-,21?,27+,28-/m0/s1. The van der Waals surface area contributed by atoms with E-state index in [0.29, 0.717) is 43.2 Å². The number of aryl methyl sites for hydroxylation is 1. The molecule has 250 valence electrons. The molecule has 1 aromatic heterocycles. The Balaban J connectivity index is 1.32. The van der Waals surface area contributed by atoms with Crippen molar-refractivity contribution in [3.05, 3.63) is 41.0 Å². The third-order valence-electron chi connectivity index (χ3n) is 9.93. The summed E-state index contributed by atoms with van der Waals surface area (Å²) in [7, 11) is 0. The van der Waals surface area contributed by atoms with Gasteiger partial charge in [0, 0.05) is 37.5 Å². The van der Waals surface area contributed by atoms with E-state index in [2.05, 4.69) is 38.5 Å². The molecule has 1 aromatic carbocycles. The number of benzene rings is 1. The van der Waals surface area contributed by atoms with Gasteiger partial charge in [0.05, 0.1) is 5.69 Å². The molecule has 4 amide bonds. The molecule has 2 aromatic rings. The van der Waals surface area contributed by atoms with Crippen molar-refractivity contribution in [1.82, 2.24) is 31.2 Å². The van der Waals surface area contributed by atoms with Gasteiger partial charge in [0.2, 0.25) is 17.7 Å². The normalized spacial score (nSPS) is 22.4. The number of carbonyl (C=O) groups excluding carboxylic acids is 4. The van der Waals surface area contributed by atoms with E-state index in [0.717, 1.165) is 38.5 Å². The second-order valence-electron chi connectivity index (χ2n) is 13.3. The number of amides is 4. The molecule has 2 heterocycles. The van der Waals surface area contributed by atoms with Crippen molar-refractivity contribution in [1.29, 1.82) is 0 Å². The van der Waals surface area contributed by atoms with Gasteiger partial charge in [-0.1, -0.05) is 51.8 Å². The number of nitrogens with one attached hydrogen (secondary N) is 4. The number of carbonyl (C=O) groups is 4. The molecule has 5 rings (SSSR count). The summed E-state index contributed by atoms with van der Waals surface area (Å²) < 4.78 is 20.4. The molecule has 0 bridgehead atoms. The Hall–Kier alpha value is -3.87. The Morgan fingerprint density at radius 1 is 1.11 bits per heavy atom. The molecule has 1 aliphatic heterocycles. The molecule has 2 saturated carbocycles. The Labute approximate surface area is 269 Å². The quantitative estimate of drug-likeness (QED) is 0.292. The van der Waals surface area contributed by atoms with Crippen LogP contribution in [-0.2, 0) is 20.8 Å². The lowest BCUT2D eigenvalue weighted by Crippen LogP contribution is -2.59. The van der Waals surface area contributed by atoms with Crippen molar-refractivity contribution >= 4 is 29.3 Å². The molecule has 46 heavy (non-hydrogen) atoms. The average Bonchev–Trinajstić information content (AvgIpc) is 3.60. The lowest BCUT2D eigenvalue weighted by Gasteiger charge is -2.37. The third kappa shape index (κ3) is 7.56. The minimum Gasteiger partial charge on any atom is -0.344 e. The Morgan fingerprint density at radius 3 is 2.50 bits per heavy atom. The zero-order chi connectivity index (χ0) is 33.0. The second kappa shape index (κ2) is 14.3. The molecule has 3 atom stereocenters. The summed E-state index contributed by atoms with van der Waals surface area (Å²) in [6.45, 7) is 9.30. The van der Waals surface area contributed by atoms with Gasteiger partial charge in [-0.3, -0.25) is 19.2 Å². The summed E-state index contributed by atoms with van der Waals surface area (Å²) in [5.41, 5.74) is 0.861. The molecule has 1 saturated heterocycles. The molecule has 0 radical (unpaired) electrons. The van der Waals surface area contributed by atoms with Crippen molar-refractivity contribution in [3.63, 3.8) is 0 Å². The van der Waals surface area contributed by atoms with E-state index in [9.17, 15) is 19.2 Å². The fourth-order valence-corrected chi connectivity index (χ4v) is 6.66. The van der Waals surface area contributed by atoms with Crippen LogP contribution in [0, 0.1) is 17.7 Å². The molecular weight excluding hydrogens is 593 g/mol. The second-order valence-corrected chi connectivity index (χ2v) is 13.3. The summed E-state index contributed by atoms with van der Waals surface area (Å²) in [4.78, 5) is 54.8. The fourth-order valence-electron chi connectivity index (χ4n) is 6.66. The molecule has 3 aliphatic rings. The van der Waals surface area contributed by atoms with Crippen LogP contribution in [0.3, 0.4) is 0 Å². The van der Waals surface area contributed by atoms with Crippen molar-refractivity contribution in [2.45, 2.75) is 103 Å². The number of hydrogen-bond donors (Lipinski definition) is 4.